The van der Waals surface area contributed by atoms with E-state index in [1.807, 2.05) is 35.1 Å². The number of nitrogens with zero attached hydrogens (tertiary/aromatic N) is 4. The van der Waals surface area contributed by atoms with E-state index in [-0.39, 0.29) is 5.92 Å². The molecule has 102 valence electrons. The van der Waals surface area contributed by atoms with Gasteiger partial charge in [-0.3, -0.25) is 0 Å². The molecule has 3 N–H and O–H groups in total. The van der Waals surface area contributed by atoms with Gasteiger partial charge in [0.05, 0.1) is 11.7 Å². The molecule has 2 heterocycles. The van der Waals surface area contributed by atoms with Crippen molar-refractivity contribution in [2.24, 2.45) is 5.84 Å². The molecule has 3 aromatic rings. The minimum atomic E-state index is 0.222. The standard InChI is InChI=1S/C14H16N6/c1-9(2)12-13(19-15)16-8-17-14(12)20-11-6-4-3-5-10(11)7-18-20/h3-9H,15H2,1-2H3,(H,16,17,19). The Hall–Kier alpha value is -2.47. The van der Waals surface area contributed by atoms with Crippen molar-refractivity contribution in [1.29, 1.82) is 0 Å². The Morgan fingerprint density at radius 1 is 1.20 bits per heavy atom. The first-order valence-corrected chi connectivity index (χ1v) is 6.47. The zero-order valence-corrected chi connectivity index (χ0v) is 11.4. The van der Waals surface area contributed by atoms with E-state index in [1.165, 1.54) is 6.33 Å². The number of anilines is 1. The Bertz CT molecular complexity index is 746. The van der Waals surface area contributed by atoms with Crippen LogP contribution in [0.4, 0.5) is 5.82 Å². The summed E-state index contributed by atoms with van der Waals surface area (Å²) in [5.74, 6) is 7.16. The molecular formula is C14H16N6. The van der Waals surface area contributed by atoms with Crippen LogP contribution in [-0.4, -0.2) is 19.7 Å². The van der Waals surface area contributed by atoms with E-state index in [4.69, 9.17) is 5.84 Å². The van der Waals surface area contributed by atoms with E-state index in [0.717, 1.165) is 22.3 Å². The van der Waals surface area contributed by atoms with Gasteiger partial charge in [0.15, 0.2) is 5.82 Å². The lowest BCUT2D eigenvalue weighted by Gasteiger charge is -2.15. The van der Waals surface area contributed by atoms with Crippen LogP contribution in [0.2, 0.25) is 0 Å². The number of aromatic nitrogens is 4. The minimum Gasteiger partial charge on any atom is -0.308 e. The number of hydrazine groups is 1. The normalized spacial score (nSPS) is 11.2. The van der Waals surface area contributed by atoms with Crippen molar-refractivity contribution in [3.8, 4) is 5.82 Å². The molecule has 0 unspecified atom stereocenters. The van der Waals surface area contributed by atoms with E-state index in [1.54, 1.807) is 0 Å². The fourth-order valence-corrected chi connectivity index (χ4v) is 2.34. The predicted octanol–water partition coefficient (Wildman–Crippen LogP) is 2.22. The molecular weight excluding hydrogens is 252 g/mol. The van der Waals surface area contributed by atoms with E-state index >= 15 is 0 Å². The Labute approximate surface area is 116 Å². The van der Waals surface area contributed by atoms with Crippen LogP contribution in [0.1, 0.15) is 25.3 Å². The van der Waals surface area contributed by atoms with Crippen LogP contribution in [0.25, 0.3) is 16.7 Å². The summed E-state index contributed by atoms with van der Waals surface area (Å²) in [6, 6.07) is 8.02. The Morgan fingerprint density at radius 3 is 2.75 bits per heavy atom. The van der Waals surface area contributed by atoms with Gasteiger partial charge in [0.25, 0.3) is 0 Å². The second-order valence-electron chi connectivity index (χ2n) is 4.87. The minimum absolute atomic E-state index is 0.222. The summed E-state index contributed by atoms with van der Waals surface area (Å²) in [5, 5.41) is 5.51. The maximum absolute atomic E-state index is 5.55. The van der Waals surface area contributed by atoms with Gasteiger partial charge >= 0.3 is 0 Å². The van der Waals surface area contributed by atoms with E-state index in [2.05, 4.69) is 34.3 Å². The van der Waals surface area contributed by atoms with Gasteiger partial charge in [0.2, 0.25) is 0 Å². The van der Waals surface area contributed by atoms with Crippen molar-refractivity contribution in [3.63, 3.8) is 0 Å². The van der Waals surface area contributed by atoms with Crippen molar-refractivity contribution >= 4 is 16.7 Å². The third-order valence-corrected chi connectivity index (χ3v) is 3.25. The van der Waals surface area contributed by atoms with Crippen LogP contribution in [0.15, 0.2) is 36.8 Å². The molecule has 0 radical (unpaired) electrons. The fourth-order valence-electron chi connectivity index (χ4n) is 2.34. The molecule has 2 aromatic heterocycles. The number of nitrogens with two attached hydrogens (primary N) is 1. The maximum Gasteiger partial charge on any atom is 0.163 e. The van der Waals surface area contributed by atoms with Gasteiger partial charge < -0.3 is 5.43 Å². The highest BCUT2D eigenvalue weighted by Crippen LogP contribution is 2.28. The van der Waals surface area contributed by atoms with Gasteiger partial charge in [-0.25, -0.2) is 20.5 Å². The van der Waals surface area contributed by atoms with Crippen LogP contribution < -0.4 is 11.3 Å². The van der Waals surface area contributed by atoms with Gasteiger partial charge in [-0.1, -0.05) is 32.0 Å². The number of nitrogens with one attached hydrogen (secondary N) is 1. The van der Waals surface area contributed by atoms with Crippen LogP contribution in [0, 0.1) is 0 Å². The molecule has 0 aliphatic heterocycles. The Balaban J connectivity index is 2.29. The summed E-state index contributed by atoms with van der Waals surface area (Å²) >= 11 is 0. The summed E-state index contributed by atoms with van der Waals surface area (Å²) in [6.45, 7) is 4.16. The van der Waals surface area contributed by atoms with Crippen molar-refractivity contribution in [3.05, 3.63) is 42.4 Å². The highest BCUT2D eigenvalue weighted by atomic mass is 15.3. The molecule has 0 saturated carbocycles. The lowest BCUT2D eigenvalue weighted by molar-refractivity contribution is 0.786. The summed E-state index contributed by atoms with van der Waals surface area (Å²) in [4.78, 5) is 8.58. The smallest absolute Gasteiger partial charge is 0.163 e. The molecule has 0 amide bonds. The quantitative estimate of drug-likeness (QED) is 0.562. The molecule has 0 fully saturated rings. The number of benzene rings is 1. The molecule has 3 rings (SSSR count). The summed E-state index contributed by atoms with van der Waals surface area (Å²) < 4.78 is 1.83. The highest BCUT2D eigenvalue weighted by Gasteiger charge is 2.17. The average molecular weight is 268 g/mol. The molecule has 1 aromatic carbocycles. The number of fused-ring (bicyclic) bond motifs is 1. The monoisotopic (exact) mass is 268 g/mol. The Morgan fingerprint density at radius 2 is 2.00 bits per heavy atom. The van der Waals surface area contributed by atoms with Crippen molar-refractivity contribution in [1.82, 2.24) is 19.7 Å². The van der Waals surface area contributed by atoms with Crippen molar-refractivity contribution in [2.45, 2.75) is 19.8 Å². The number of para-hydroxylation sites is 1. The predicted molar refractivity (Wildman–Crippen MR) is 78.6 cm³/mol. The summed E-state index contributed by atoms with van der Waals surface area (Å²) in [5.41, 5.74) is 4.59. The highest BCUT2D eigenvalue weighted by molar-refractivity contribution is 5.80. The third-order valence-electron chi connectivity index (χ3n) is 3.25. The first-order chi connectivity index (χ1) is 9.72. The first-order valence-electron chi connectivity index (χ1n) is 6.47. The number of nitrogen functional groups attached to an aromatic ring is 1. The topological polar surface area (TPSA) is 81.6 Å². The number of hydrogen-bond donors (Lipinski definition) is 2. The van der Waals surface area contributed by atoms with Crippen LogP contribution >= 0.6 is 0 Å². The molecule has 6 heteroatoms. The fraction of sp³-hybridized carbons (Fsp3) is 0.214. The van der Waals surface area contributed by atoms with Gasteiger partial charge in [0, 0.05) is 10.9 Å². The second-order valence-corrected chi connectivity index (χ2v) is 4.87. The van der Waals surface area contributed by atoms with Gasteiger partial charge in [-0.15, -0.1) is 0 Å². The van der Waals surface area contributed by atoms with Crippen LogP contribution in [-0.2, 0) is 0 Å². The SMILES string of the molecule is CC(C)c1c(NN)ncnc1-n1ncc2ccccc21. The maximum atomic E-state index is 5.55. The zero-order chi connectivity index (χ0) is 14.1. The van der Waals surface area contributed by atoms with Gasteiger partial charge in [0.1, 0.15) is 12.1 Å². The summed E-state index contributed by atoms with van der Waals surface area (Å²) in [7, 11) is 0. The largest absolute Gasteiger partial charge is 0.308 e. The molecule has 0 aliphatic rings. The lowest BCUT2D eigenvalue weighted by Crippen LogP contribution is -2.15. The van der Waals surface area contributed by atoms with Crippen LogP contribution in [0.5, 0.6) is 0 Å². The van der Waals surface area contributed by atoms with Gasteiger partial charge in [-0.2, -0.15) is 5.10 Å². The van der Waals surface area contributed by atoms with E-state index in [0.29, 0.717) is 5.82 Å². The molecule has 20 heavy (non-hydrogen) atoms. The average Bonchev–Trinajstić information content (AvgIpc) is 2.90. The molecule has 0 saturated heterocycles. The first kappa shape index (κ1) is 12.6. The van der Waals surface area contributed by atoms with E-state index < -0.39 is 0 Å². The molecule has 6 nitrogen and oxygen atoms in total. The van der Waals surface area contributed by atoms with Crippen molar-refractivity contribution < 1.29 is 0 Å². The molecule has 0 bridgehead atoms. The zero-order valence-electron chi connectivity index (χ0n) is 11.4. The Kier molecular flexibility index (Phi) is 3.08. The number of hydrogen-bond acceptors (Lipinski definition) is 5. The van der Waals surface area contributed by atoms with Crippen LogP contribution in [0.3, 0.4) is 0 Å². The molecule has 0 atom stereocenters. The molecule has 0 aliphatic carbocycles. The van der Waals surface area contributed by atoms with Gasteiger partial charge in [-0.05, 0) is 12.0 Å². The summed E-state index contributed by atoms with van der Waals surface area (Å²) in [6.07, 6.45) is 3.32. The molecule has 0 spiro atoms. The number of rotatable bonds is 3. The second kappa shape index (κ2) is 4.90. The third kappa shape index (κ3) is 1.90. The van der Waals surface area contributed by atoms with E-state index in [9.17, 15) is 0 Å². The lowest BCUT2D eigenvalue weighted by atomic mass is 10.0. The van der Waals surface area contributed by atoms with Crippen molar-refractivity contribution in [2.75, 3.05) is 5.43 Å².